The maximum Gasteiger partial charge on any atom is 0.271 e. The van der Waals surface area contributed by atoms with Crippen molar-refractivity contribution in [2.45, 2.75) is 46.5 Å². The van der Waals surface area contributed by atoms with Gasteiger partial charge < -0.3 is 9.88 Å². The molecular formula is C21H27N3O. The highest BCUT2D eigenvalue weighted by atomic mass is 16.1. The summed E-state index contributed by atoms with van der Waals surface area (Å²) in [6, 6.07) is 10.6. The van der Waals surface area contributed by atoms with Crippen molar-refractivity contribution in [2.75, 3.05) is 18.5 Å². The molecule has 1 heterocycles. The third kappa shape index (κ3) is 4.51. The maximum absolute atomic E-state index is 12.7. The molecule has 0 radical (unpaired) electrons. The number of hydrogen-bond acceptors (Lipinski definition) is 3. The van der Waals surface area contributed by atoms with Gasteiger partial charge in [-0.25, -0.2) is 0 Å². The highest BCUT2D eigenvalue weighted by molar-refractivity contribution is 5.57. The van der Waals surface area contributed by atoms with Crippen molar-refractivity contribution in [3.63, 3.8) is 0 Å². The van der Waals surface area contributed by atoms with Crippen molar-refractivity contribution in [3.05, 3.63) is 62.6 Å². The van der Waals surface area contributed by atoms with Gasteiger partial charge in [0.1, 0.15) is 5.69 Å². The Labute approximate surface area is 150 Å². The van der Waals surface area contributed by atoms with Gasteiger partial charge in [-0.2, -0.15) is 5.26 Å². The number of unbranched alkanes of at least 4 members (excludes halogenated alkanes) is 1. The fraction of sp³-hybridized carbons (Fsp3) is 0.429. The number of aromatic nitrogens is 1. The molecule has 0 amide bonds. The number of nitrogens with one attached hydrogen (secondary N) is 1. The molecule has 0 bridgehead atoms. The first kappa shape index (κ1) is 18.8. The topological polar surface area (TPSA) is 59.9 Å². The number of nitriles is 1. The van der Waals surface area contributed by atoms with Crippen molar-refractivity contribution in [1.29, 1.82) is 5.26 Å². The first-order valence-electron chi connectivity index (χ1n) is 8.86. The Kier molecular flexibility index (Phi) is 6.41. The normalized spacial score (nSPS) is 10.5. The standard InChI is InChI=1S/C21H27N3O/c1-5-18-16(3)23-21(25)20(24(4)12-7-6-11-22)19(18)14-17-10-8-9-15(2)13-17/h8-10,13H,5-7,12,14H2,1-4H3,(H,23,25). The summed E-state index contributed by atoms with van der Waals surface area (Å²) in [6.45, 7) is 6.88. The molecule has 0 spiro atoms. The highest BCUT2D eigenvalue weighted by Gasteiger charge is 2.18. The molecule has 0 aliphatic carbocycles. The molecule has 0 saturated carbocycles. The molecule has 25 heavy (non-hydrogen) atoms. The summed E-state index contributed by atoms with van der Waals surface area (Å²) in [5, 5.41) is 8.76. The van der Waals surface area contributed by atoms with E-state index in [2.05, 4.69) is 49.2 Å². The van der Waals surface area contributed by atoms with Crippen LogP contribution in [0.15, 0.2) is 29.1 Å². The first-order chi connectivity index (χ1) is 12.0. The minimum Gasteiger partial charge on any atom is -0.370 e. The smallest absolute Gasteiger partial charge is 0.271 e. The van der Waals surface area contributed by atoms with Crippen LogP contribution in [0.3, 0.4) is 0 Å². The molecule has 4 heteroatoms. The van der Waals surface area contributed by atoms with Crippen LogP contribution in [0.1, 0.15) is 47.7 Å². The summed E-state index contributed by atoms with van der Waals surface area (Å²) < 4.78 is 0. The molecule has 1 N–H and O–H groups in total. The Morgan fingerprint density at radius 1 is 1.24 bits per heavy atom. The van der Waals surface area contributed by atoms with E-state index in [0.29, 0.717) is 13.0 Å². The van der Waals surface area contributed by atoms with E-state index in [1.165, 1.54) is 16.7 Å². The molecule has 0 aliphatic rings. The predicted octanol–water partition coefficient (Wildman–Crippen LogP) is 3.88. The minimum absolute atomic E-state index is 0.0446. The average Bonchev–Trinajstić information content (AvgIpc) is 2.55. The zero-order chi connectivity index (χ0) is 18.4. The van der Waals surface area contributed by atoms with Crippen LogP contribution in [0, 0.1) is 25.2 Å². The van der Waals surface area contributed by atoms with Gasteiger partial charge in [-0.1, -0.05) is 36.8 Å². The molecule has 0 aliphatic heterocycles. The zero-order valence-corrected chi connectivity index (χ0v) is 15.6. The van der Waals surface area contributed by atoms with E-state index in [1.54, 1.807) is 0 Å². The number of pyridine rings is 1. The summed E-state index contributed by atoms with van der Waals surface area (Å²) in [7, 11) is 1.94. The Morgan fingerprint density at radius 2 is 2.00 bits per heavy atom. The van der Waals surface area contributed by atoms with Crippen LogP contribution in [-0.2, 0) is 12.8 Å². The van der Waals surface area contributed by atoms with Gasteiger partial charge in [-0.3, -0.25) is 4.79 Å². The van der Waals surface area contributed by atoms with Crippen molar-refractivity contribution in [1.82, 2.24) is 4.98 Å². The minimum atomic E-state index is -0.0446. The van der Waals surface area contributed by atoms with E-state index in [4.69, 9.17) is 5.26 Å². The lowest BCUT2D eigenvalue weighted by Gasteiger charge is -2.24. The van der Waals surface area contributed by atoms with Gasteiger partial charge in [0.15, 0.2) is 0 Å². The second-order valence-electron chi connectivity index (χ2n) is 6.59. The van der Waals surface area contributed by atoms with E-state index in [-0.39, 0.29) is 5.56 Å². The SMILES string of the molecule is CCc1c(C)[nH]c(=O)c(N(C)CCCC#N)c1Cc1cccc(C)c1. The Balaban J connectivity index is 2.50. The van der Waals surface area contributed by atoms with E-state index in [0.717, 1.165) is 36.2 Å². The fourth-order valence-corrected chi connectivity index (χ4v) is 3.42. The van der Waals surface area contributed by atoms with Crippen LogP contribution in [0.2, 0.25) is 0 Å². The van der Waals surface area contributed by atoms with Crippen LogP contribution in [0.5, 0.6) is 0 Å². The maximum atomic E-state index is 12.7. The van der Waals surface area contributed by atoms with Gasteiger partial charge >= 0.3 is 0 Å². The van der Waals surface area contributed by atoms with Crippen molar-refractivity contribution < 1.29 is 0 Å². The number of rotatable bonds is 7. The molecule has 2 aromatic rings. The summed E-state index contributed by atoms with van der Waals surface area (Å²) in [5.41, 5.74) is 6.40. The highest BCUT2D eigenvalue weighted by Crippen LogP contribution is 2.25. The van der Waals surface area contributed by atoms with Crippen molar-refractivity contribution in [2.24, 2.45) is 0 Å². The van der Waals surface area contributed by atoms with Crippen LogP contribution in [0.4, 0.5) is 5.69 Å². The van der Waals surface area contributed by atoms with Gasteiger partial charge in [0.25, 0.3) is 5.56 Å². The van der Waals surface area contributed by atoms with E-state index < -0.39 is 0 Å². The van der Waals surface area contributed by atoms with Crippen LogP contribution < -0.4 is 10.5 Å². The Hall–Kier alpha value is -2.54. The quantitative estimate of drug-likeness (QED) is 0.780. The number of nitrogens with zero attached hydrogens (tertiary/aromatic N) is 2. The van der Waals surface area contributed by atoms with Crippen LogP contribution in [-0.4, -0.2) is 18.6 Å². The van der Waals surface area contributed by atoms with E-state index in [9.17, 15) is 4.79 Å². The second kappa shape index (κ2) is 8.53. The molecule has 0 atom stereocenters. The summed E-state index contributed by atoms with van der Waals surface area (Å²) in [4.78, 5) is 17.7. The molecule has 1 aromatic carbocycles. The van der Waals surface area contributed by atoms with E-state index in [1.807, 2.05) is 18.9 Å². The van der Waals surface area contributed by atoms with Gasteiger partial charge in [0.05, 0.1) is 6.07 Å². The number of H-pyrrole nitrogens is 1. The largest absolute Gasteiger partial charge is 0.370 e. The summed E-state index contributed by atoms with van der Waals surface area (Å²) in [5.74, 6) is 0. The molecule has 4 nitrogen and oxygen atoms in total. The summed E-state index contributed by atoms with van der Waals surface area (Å²) in [6.07, 6.45) is 2.88. The van der Waals surface area contributed by atoms with Crippen molar-refractivity contribution in [3.8, 4) is 6.07 Å². The van der Waals surface area contributed by atoms with Gasteiger partial charge in [0.2, 0.25) is 0 Å². The van der Waals surface area contributed by atoms with Crippen LogP contribution >= 0.6 is 0 Å². The van der Waals surface area contributed by atoms with Crippen molar-refractivity contribution >= 4 is 5.69 Å². The van der Waals surface area contributed by atoms with Gasteiger partial charge in [-0.05, 0) is 43.4 Å². The number of benzene rings is 1. The number of hydrogen-bond donors (Lipinski definition) is 1. The zero-order valence-electron chi connectivity index (χ0n) is 15.6. The van der Waals surface area contributed by atoms with Gasteiger partial charge in [0, 0.05) is 32.1 Å². The number of aromatic amines is 1. The lowest BCUT2D eigenvalue weighted by atomic mass is 9.95. The Morgan fingerprint density at radius 3 is 2.64 bits per heavy atom. The molecule has 0 fully saturated rings. The molecule has 2 rings (SSSR count). The molecule has 0 unspecified atom stereocenters. The average molecular weight is 337 g/mol. The third-order valence-corrected chi connectivity index (χ3v) is 4.60. The van der Waals surface area contributed by atoms with Crippen LogP contribution in [0.25, 0.3) is 0 Å². The molecule has 1 aromatic heterocycles. The lowest BCUT2D eigenvalue weighted by Crippen LogP contribution is -2.29. The first-order valence-corrected chi connectivity index (χ1v) is 8.86. The van der Waals surface area contributed by atoms with E-state index >= 15 is 0 Å². The second-order valence-corrected chi connectivity index (χ2v) is 6.59. The lowest BCUT2D eigenvalue weighted by molar-refractivity contribution is 0.793. The summed E-state index contributed by atoms with van der Waals surface area (Å²) >= 11 is 0. The molecular weight excluding hydrogens is 310 g/mol. The third-order valence-electron chi connectivity index (χ3n) is 4.60. The van der Waals surface area contributed by atoms with Gasteiger partial charge in [-0.15, -0.1) is 0 Å². The number of anilines is 1. The number of aryl methyl sites for hydroxylation is 2. The fourth-order valence-electron chi connectivity index (χ4n) is 3.42. The molecule has 0 saturated heterocycles. The monoisotopic (exact) mass is 337 g/mol. The molecule has 132 valence electrons. The predicted molar refractivity (Wildman–Crippen MR) is 103 cm³/mol. The Bertz CT molecular complexity index is 830.